The molecule has 0 aromatic heterocycles. The Hall–Kier alpha value is -1.06. The molecule has 1 aliphatic heterocycles. The lowest BCUT2D eigenvalue weighted by molar-refractivity contribution is -0.315. The number of piperidine rings is 1. The smallest absolute Gasteiger partial charge is 0.220 e. The molecule has 4 aliphatic rings. The maximum absolute atomic E-state index is 11.8. The molecule has 1 unspecified atom stereocenters. The number of hydrogen-bond donors (Lipinski definition) is 1. The van der Waals surface area contributed by atoms with Gasteiger partial charge in [0.25, 0.3) is 0 Å². The van der Waals surface area contributed by atoms with E-state index in [0.717, 1.165) is 44.9 Å². The summed E-state index contributed by atoms with van der Waals surface area (Å²) >= 11 is 0. The summed E-state index contributed by atoms with van der Waals surface area (Å²) in [5.41, 5.74) is 0.138. The number of hydrogen-bond acceptors (Lipinski definition) is 3. The van der Waals surface area contributed by atoms with E-state index in [2.05, 4.69) is 19.2 Å². The molecule has 0 bridgehead atoms. The van der Waals surface area contributed by atoms with Crippen LogP contribution in [0.2, 0.25) is 0 Å². The van der Waals surface area contributed by atoms with Crippen molar-refractivity contribution in [3.05, 3.63) is 0 Å². The minimum Gasteiger partial charge on any atom is -0.550 e. The molecule has 1 amide bonds. The standard InChI is InChI=1S/C19H29NO3/c1-18-9-7-13-11(12(18)4-5-14(18)17(22)23)3-6-15-19(13,2)10-8-16(21)20-15/h11-15H,3-10H2,1-2H3,(H,20,21)(H,22,23)/p-1/t11-,12-,13-,14+,15?,18-,19+/m0/s1. The molecule has 3 saturated carbocycles. The van der Waals surface area contributed by atoms with Gasteiger partial charge in [-0.3, -0.25) is 4.79 Å². The quantitative estimate of drug-likeness (QED) is 0.802. The van der Waals surface area contributed by atoms with Crippen LogP contribution in [-0.2, 0) is 9.59 Å². The van der Waals surface area contributed by atoms with Gasteiger partial charge < -0.3 is 15.2 Å². The van der Waals surface area contributed by atoms with Crippen molar-refractivity contribution in [1.82, 2.24) is 5.32 Å². The summed E-state index contributed by atoms with van der Waals surface area (Å²) in [6.07, 6.45) is 7.82. The van der Waals surface area contributed by atoms with Crippen LogP contribution in [0.25, 0.3) is 0 Å². The van der Waals surface area contributed by atoms with Crippen molar-refractivity contribution in [2.75, 3.05) is 0 Å². The van der Waals surface area contributed by atoms with Crippen LogP contribution in [0.4, 0.5) is 0 Å². The Bertz CT molecular complexity index is 547. The Labute approximate surface area is 138 Å². The predicted octanol–water partition coefficient (Wildman–Crippen LogP) is 1.87. The lowest BCUT2D eigenvalue weighted by Crippen LogP contribution is -2.61. The molecule has 7 atom stereocenters. The zero-order valence-electron chi connectivity index (χ0n) is 14.3. The van der Waals surface area contributed by atoms with Gasteiger partial charge in [-0.15, -0.1) is 0 Å². The lowest BCUT2D eigenvalue weighted by Gasteiger charge is -2.60. The second-order valence-corrected chi connectivity index (χ2v) is 9.07. The van der Waals surface area contributed by atoms with E-state index in [1.54, 1.807) is 0 Å². The van der Waals surface area contributed by atoms with Crippen molar-refractivity contribution >= 4 is 11.9 Å². The fourth-order valence-corrected chi connectivity index (χ4v) is 7.09. The fourth-order valence-electron chi connectivity index (χ4n) is 7.09. The van der Waals surface area contributed by atoms with Gasteiger partial charge >= 0.3 is 0 Å². The van der Waals surface area contributed by atoms with Crippen molar-refractivity contribution in [3.63, 3.8) is 0 Å². The molecular formula is C19H28NO3-. The zero-order valence-corrected chi connectivity index (χ0v) is 14.3. The summed E-state index contributed by atoms with van der Waals surface area (Å²) in [7, 11) is 0. The van der Waals surface area contributed by atoms with E-state index < -0.39 is 5.97 Å². The Kier molecular flexibility index (Phi) is 3.34. The number of carboxylic acid groups (broad SMARTS) is 1. The topological polar surface area (TPSA) is 69.2 Å². The average Bonchev–Trinajstić information content (AvgIpc) is 2.85. The van der Waals surface area contributed by atoms with Crippen LogP contribution in [0.1, 0.15) is 65.2 Å². The largest absolute Gasteiger partial charge is 0.550 e. The molecule has 0 spiro atoms. The molecule has 23 heavy (non-hydrogen) atoms. The molecule has 4 rings (SSSR count). The van der Waals surface area contributed by atoms with Gasteiger partial charge in [0, 0.05) is 24.3 Å². The van der Waals surface area contributed by atoms with Crippen molar-refractivity contribution < 1.29 is 14.7 Å². The summed E-state index contributed by atoms with van der Waals surface area (Å²) in [6, 6.07) is 0.327. The first-order valence-corrected chi connectivity index (χ1v) is 9.36. The summed E-state index contributed by atoms with van der Waals surface area (Å²) < 4.78 is 0. The minimum atomic E-state index is -0.835. The van der Waals surface area contributed by atoms with Crippen LogP contribution in [0, 0.1) is 34.5 Å². The normalized spacial score (nSPS) is 52.1. The van der Waals surface area contributed by atoms with Gasteiger partial charge in [0.15, 0.2) is 0 Å². The van der Waals surface area contributed by atoms with Crippen molar-refractivity contribution in [1.29, 1.82) is 0 Å². The monoisotopic (exact) mass is 318 g/mol. The zero-order chi connectivity index (χ0) is 16.4. The summed E-state index contributed by atoms with van der Waals surface area (Å²) in [5.74, 6) is 0.919. The highest BCUT2D eigenvalue weighted by atomic mass is 16.4. The number of rotatable bonds is 1. The van der Waals surface area contributed by atoms with Crippen LogP contribution in [0.5, 0.6) is 0 Å². The number of nitrogens with one attached hydrogen (secondary N) is 1. The van der Waals surface area contributed by atoms with Gasteiger partial charge in [0.1, 0.15) is 0 Å². The number of aliphatic carboxylic acids is 1. The summed E-state index contributed by atoms with van der Waals surface area (Å²) in [5, 5.41) is 14.8. The number of carbonyl (C=O) groups excluding carboxylic acids is 2. The molecule has 4 fully saturated rings. The van der Waals surface area contributed by atoms with Crippen LogP contribution < -0.4 is 10.4 Å². The minimum absolute atomic E-state index is 0.0683. The molecule has 0 aromatic rings. The van der Waals surface area contributed by atoms with E-state index in [1.165, 1.54) is 0 Å². The first-order chi connectivity index (χ1) is 10.9. The van der Waals surface area contributed by atoms with E-state index in [0.29, 0.717) is 30.2 Å². The van der Waals surface area contributed by atoms with Crippen molar-refractivity contribution in [2.24, 2.45) is 34.5 Å². The highest BCUT2D eigenvalue weighted by molar-refractivity contribution is 5.77. The van der Waals surface area contributed by atoms with Gasteiger partial charge in [0.05, 0.1) is 0 Å². The number of amides is 1. The van der Waals surface area contributed by atoms with E-state index in [-0.39, 0.29) is 22.7 Å². The Morgan fingerprint density at radius 1 is 1.04 bits per heavy atom. The molecule has 1 N–H and O–H groups in total. The Morgan fingerprint density at radius 3 is 2.52 bits per heavy atom. The molecule has 4 heteroatoms. The highest BCUT2D eigenvalue weighted by Crippen LogP contribution is 2.65. The second-order valence-electron chi connectivity index (χ2n) is 9.07. The second kappa shape index (κ2) is 4.97. The number of carboxylic acids is 1. The summed E-state index contributed by atoms with van der Waals surface area (Å²) in [6.45, 7) is 4.58. The van der Waals surface area contributed by atoms with Crippen molar-refractivity contribution in [2.45, 2.75) is 71.3 Å². The van der Waals surface area contributed by atoms with Crippen LogP contribution in [0.3, 0.4) is 0 Å². The van der Waals surface area contributed by atoms with E-state index >= 15 is 0 Å². The van der Waals surface area contributed by atoms with Crippen LogP contribution >= 0.6 is 0 Å². The molecule has 128 valence electrons. The lowest BCUT2D eigenvalue weighted by atomic mass is 9.47. The third-order valence-corrected chi connectivity index (χ3v) is 8.38. The predicted molar refractivity (Wildman–Crippen MR) is 84.0 cm³/mol. The Morgan fingerprint density at radius 2 is 1.78 bits per heavy atom. The first-order valence-electron chi connectivity index (χ1n) is 9.36. The molecular weight excluding hydrogens is 290 g/mol. The van der Waals surface area contributed by atoms with Gasteiger partial charge in [-0.1, -0.05) is 13.8 Å². The highest BCUT2D eigenvalue weighted by Gasteiger charge is 2.60. The summed E-state index contributed by atoms with van der Waals surface area (Å²) in [4.78, 5) is 23.4. The van der Waals surface area contributed by atoms with Crippen molar-refractivity contribution in [3.8, 4) is 0 Å². The van der Waals surface area contributed by atoms with Gasteiger partial charge in [-0.05, 0) is 73.5 Å². The molecule has 0 radical (unpaired) electrons. The van der Waals surface area contributed by atoms with Crippen LogP contribution in [-0.4, -0.2) is 17.9 Å². The first kappa shape index (κ1) is 15.5. The average molecular weight is 318 g/mol. The number of carbonyl (C=O) groups is 2. The third kappa shape index (κ3) is 2.02. The maximum atomic E-state index is 11.8. The molecule has 1 saturated heterocycles. The van der Waals surface area contributed by atoms with E-state index in [1.807, 2.05) is 0 Å². The molecule has 3 aliphatic carbocycles. The Balaban J connectivity index is 1.63. The third-order valence-electron chi connectivity index (χ3n) is 8.38. The van der Waals surface area contributed by atoms with Gasteiger partial charge in [-0.2, -0.15) is 0 Å². The van der Waals surface area contributed by atoms with Crippen LogP contribution in [0.15, 0.2) is 0 Å². The maximum Gasteiger partial charge on any atom is 0.220 e. The molecule has 0 aromatic carbocycles. The van der Waals surface area contributed by atoms with Gasteiger partial charge in [-0.25, -0.2) is 0 Å². The van der Waals surface area contributed by atoms with Gasteiger partial charge in [0.2, 0.25) is 5.91 Å². The SMILES string of the molecule is C[C@]12CC[C@H]3[C@@H](CCC4NC(=O)CC[C@@]43C)[C@@H]1CC[C@@H]2C(=O)[O-]. The molecule has 4 nitrogen and oxygen atoms in total. The van der Waals surface area contributed by atoms with E-state index in [9.17, 15) is 14.7 Å². The number of fused-ring (bicyclic) bond motifs is 5. The fraction of sp³-hybridized carbons (Fsp3) is 0.895. The molecule has 1 heterocycles. The van der Waals surface area contributed by atoms with E-state index in [4.69, 9.17) is 0 Å².